The van der Waals surface area contributed by atoms with Crippen molar-refractivity contribution < 1.29 is 14.6 Å². The second-order valence-electron chi connectivity index (χ2n) is 7.83. The highest BCUT2D eigenvalue weighted by molar-refractivity contribution is 5.61. The fraction of sp³-hybridized carbons (Fsp3) is 0.308. The molecule has 156 valence electrons. The Morgan fingerprint density at radius 2 is 1.50 bits per heavy atom. The van der Waals surface area contributed by atoms with Crippen molar-refractivity contribution in [3.8, 4) is 11.5 Å². The van der Waals surface area contributed by atoms with E-state index in [1.54, 1.807) is 14.2 Å². The predicted molar refractivity (Wildman–Crippen MR) is 119 cm³/mol. The van der Waals surface area contributed by atoms with E-state index in [1.807, 2.05) is 24.3 Å². The van der Waals surface area contributed by atoms with Crippen LogP contribution >= 0.6 is 0 Å². The third-order valence-corrected chi connectivity index (χ3v) is 6.29. The third-order valence-electron chi connectivity index (χ3n) is 6.29. The number of rotatable bonds is 7. The van der Waals surface area contributed by atoms with E-state index in [2.05, 4.69) is 59.9 Å². The molecule has 4 nitrogen and oxygen atoms in total. The SMILES string of the molecule is COc1cccc(C(c2ccccc2)(c2ccccc2)C2CC(CO)CN2)c1OC. The Morgan fingerprint density at radius 1 is 0.867 bits per heavy atom. The van der Waals surface area contributed by atoms with Crippen molar-refractivity contribution in [2.75, 3.05) is 27.4 Å². The van der Waals surface area contributed by atoms with Gasteiger partial charge in [0.2, 0.25) is 0 Å². The number of hydrogen-bond donors (Lipinski definition) is 2. The van der Waals surface area contributed by atoms with Gasteiger partial charge in [-0.15, -0.1) is 0 Å². The Hall–Kier alpha value is -2.82. The second-order valence-corrected chi connectivity index (χ2v) is 7.83. The number of aliphatic hydroxyl groups is 1. The van der Waals surface area contributed by atoms with Gasteiger partial charge in [0, 0.05) is 24.8 Å². The molecule has 0 amide bonds. The summed E-state index contributed by atoms with van der Waals surface area (Å²) in [6.45, 7) is 0.966. The van der Waals surface area contributed by atoms with Crippen molar-refractivity contribution in [2.24, 2.45) is 5.92 Å². The zero-order valence-electron chi connectivity index (χ0n) is 17.5. The largest absolute Gasteiger partial charge is 0.493 e. The van der Waals surface area contributed by atoms with Crippen molar-refractivity contribution in [3.05, 3.63) is 95.6 Å². The lowest BCUT2D eigenvalue weighted by molar-refractivity contribution is 0.233. The molecule has 3 aromatic rings. The Kier molecular flexibility index (Phi) is 6.07. The summed E-state index contributed by atoms with van der Waals surface area (Å²) in [5.41, 5.74) is 2.90. The van der Waals surface area contributed by atoms with Crippen molar-refractivity contribution in [1.29, 1.82) is 0 Å². The molecule has 1 fully saturated rings. The lowest BCUT2D eigenvalue weighted by Crippen LogP contribution is -2.47. The van der Waals surface area contributed by atoms with Crippen LogP contribution in [0.1, 0.15) is 23.1 Å². The topological polar surface area (TPSA) is 50.7 Å². The van der Waals surface area contributed by atoms with Crippen LogP contribution < -0.4 is 14.8 Å². The van der Waals surface area contributed by atoms with Gasteiger partial charge in [0.25, 0.3) is 0 Å². The number of methoxy groups -OCH3 is 2. The van der Waals surface area contributed by atoms with Gasteiger partial charge in [-0.05, 0) is 29.5 Å². The highest BCUT2D eigenvalue weighted by atomic mass is 16.5. The van der Waals surface area contributed by atoms with Gasteiger partial charge in [-0.1, -0.05) is 72.8 Å². The van der Waals surface area contributed by atoms with Gasteiger partial charge in [0.15, 0.2) is 11.5 Å². The molecule has 30 heavy (non-hydrogen) atoms. The molecule has 1 aliphatic rings. The smallest absolute Gasteiger partial charge is 0.165 e. The van der Waals surface area contributed by atoms with E-state index in [-0.39, 0.29) is 18.6 Å². The van der Waals surface area contributed by atoms with Crippen LogP contribution in [0.15, 0.2) is 78.9 Å². The quantitative estimate of drug-likeness (QED) is 0.586. The molecule has 0 aliphatic carbocycles. The van der Waals surface area contributed by atoms with E-state index < -0.39 is 5.41 Å². The van der Waals surface area contributed by atoms with Gasteiger partial charge in [-0.25, -0.2) is 0 Å². The predicted octanol–water partition coefficient (Wildman–Crippen LogP) is 4.01. The summed E-state index contributed by atoms with van der Waals surface area (Å²) in [5, 5.41) is 13.6. The molecule has 1 heterocycles. The van der Waals surface area contributed by atoms with E-state index in [0.29, 0.717) is 5.75 Å². The van der Waals surface area contributed by atoms with Crippen LogP contribution in [0, 0.1) is 5.92 Å². The number of benzene rings is 3. The van der Waals surface area contributed by atoms with E-state index in [1.165, 1.54) is 11.1 Å². The number of para-hydroxylation sites is 1. The van der Waals surface area contributed by atoms with Gasteiger partial charge in [0.1, 0.15) is 0 Å². The molecule has 0 aromatic heterocycles. The fourth-order valence-corrected chi connectivity index (χ4v) is 4.95. The van der Waals surface area contributed by atoms with Gasteiger partial charge < -0.3 is 19.9 Å². The summed E-state index contributed by atoms with van der Waals surface area (Å²) < 4.78 is 11.6. The molecule has 0 radical (unpaired) electrons. The first-order valence-corrected chi connectivity index (χ1v) is 10.4. The Bertz CT molecular complexity index is 919. The summed E-state index contributed by atoms with van der Waals surface area (Å²) in [5.74, 6) is 1.67. The maximum absolute atomic E-state index is 9.86. The number of ether oxygens (including phenoxy) is 2. The summed E-state index contributed by atoms with van der Waals surface area (Å²) in [6, 6.07) is 27.3. The minimum absolute atomic E-state index is 0.0838. The van der Waals surface area contributed by atoms with E-state index >= 15 is 0 Å². The van der Waals surface area contributed by atoms with E-state index in [9.17, 15) is 5.11 Å². The molecular formula is C26H29NO3. The molecule has 1 aliphatic heterocycles. The van der Waals surface area contributed by atoms with Gasteiger partial charge in [0.05, 0.1) is 19.6 Å². The molecule has 0 bridgehead atoms. The highest BCUT2D eigenvalue weighted by Gasteiger charge is 2.48. The van der Waals surface area contributed by atoms with Gasteiger partial charge in [-0.2, -0.15) is 0 Å². The lowest BCUT2D eigenvalue weighted by Gasteiger charge is -2.42. The molecule has 2 unspecified atom stereocenters. The third kappa shape index (κ3) is 3.36. The summed E-state index contributed by atoms with van der Waals surface area (Å²) in [7, 11) is 3.37. The minimum atomic E-state index is -0.508. The van der Waals surface area contributed by atoms with Gasteiger partial charge >= 0.3 is 0 Å². The molecule has 3 aromatic carbocycles. The lowest BCUT2D eigenvalue weighted by atomic mass is 9.63. The van der Waals surface area contributed by atoms with Crippen LogP contribution in [-0.2, 0) is 5.41 Å². The molecular weight excluding hydrogens is 374 g/mol. The summed E-state index contributed by atoms with van der Waals surface area (Å²) in [6.07, 6.45) is 0.862. The molecule has 1 saturated heterocycles. The standard InChI is InChI=1S/C26H29NO3/c1-29-23-15-9-14-22(25(23)30-2)26(20-10-5-3-6-11-20,21-12-7-4-8-13-21)24-16-19(18-28)17-27-24/h3-15,19,24,27-28H,16-18H2,1-2H3. The highest BCUT2D eigenvalue weighted by Crippen LogP contribution is 2.50. The molecule has 4 rings (SSSR count). The molecule has 0 saturated carbocycles. The number of nitrogens with one attached hydrogen (secondary N) is 1. The van der Waals surface area contributed by atoms with E-state index in [4.69, 9.17) is 9.47 Å². The summed E-state index contributed by atoms with van der Waals surface area (Å²) >= 11 is 0. The first-order chi connectivity index (χ1) is 14.7. The fourth-order valence-electron chi connectivity index (χ4n) is 4.95. The molecule has 4 heteroatoms. The maximum atomic E-state index is 9.86. The van der Waals surface area contributed by atoms with Crippen LogP contribution in [-0.4, -0.2) is 38.5 Å². The number of aliphatic hydroxyl groups excluding tert-OH is 1. The van der Waals surface area contributed by atoms with Crippen LogP contribution in [0.25, 0.3) is 0 Å². The van der Waals surface area contributed by atoms with Crippen molar-refractivity contribution in [2.45, 2.75) is 17.9 Å². The second kappa shape index (κ2) is 8.90. The molecule has 0 spiro atoms. The summed E-state index contributed by atoms with van der Waals surface area (Å²) in [4.78, 5) is 0. The van der Waals surface area contributed by atoms with Crippen LogP contribution in [0.4, 0.5) is 0 Å². The van der Waals surface area contributed by atoms with Crippen LogP contribution in [0.2, 0.25) is 0 Å². The van der Waals surface area contributed by atoms with Crippen molar-refractivity contribution in [1.82, 2.24) is 5.32 Å². The average molecular weight is 404 g/mol. The van der Waals surface area contributed by atoms with Crippen molar-refractivity contribution >= 4 is 0 Å². The zero-order chi connectivity index (χ0) is 21.0. The Balaban J connectivity index is 2.07. The average Bonchev–Trinajstić information content (AvgIpc) is 3.30. The first kappa shape index (κ1) is 20.5. The molecule has 2 N–H and O–H groups in total. The maximum Gasteiger partial charge on any atom is 0.165 e. The minimum Gasteiger partial charge on any atom is -0.493 e. The Morgan fingerprint density at radius 3 is 2.00 bits per heavy atom. The monoisotopic (exact) mass is 403 g/mol. The van der Waals surface area contributed by atoms with E-state index in [0.717, 1.165) is 24.3 Å². The Labute approximate surface area is 178 Å². The van der Waals surface area contributed by atoms with Crippen LogP contribution in [0.5, 0.6) is 11.5 Å². The zero-order valence-corrected chi connectivity index (χ0v) is 17.5. The first-order valence-electron chi connectivity index (χ1n) is 10.4. The van der Waals surface area contributed by atoms with Crippen molar-refractivity contribution in [3.63, 3.8) is 0 Å². The molecule has 2 atom stereocenters. The van der Waals surface area contributed by atoms with Gasteiger partial charge in [-0.3, -0.25) is 0 Å². The van der Waals surface area contributed by atoms with Crippen LogP contribution in [0.3, 0.4) is 0 Å². The number of hydrogen-bond acceptors (Lipinski definition) is 4. The normalized spacial score (nSPS) is 18.9.